The van der Waals surface area contributed by atoms with Gasteiger partial charge in [0.05, 0.1) is 0 Å². The Morgan fingerprint density at radius 2 is 1.76 bits per heavy atom. The van der Waals surface area contributed by atoms with E-state index in [-0.39, 0.29) is 12.2 Å². The fraction of sp³-hybridized carbons (Fsp3) is 0.647. The van der Waals surface area contributed by atoms with Gasteiger partial charge in [-0.25, -0.2) is 0 Å². The first-order chi connectivity index (χ1) is 10.2. The molecule has 2 rings (SSSR count). The molecule has 1 aromatic rings. The fourth-order valence-corrected chi connectivity index (χ4v) is 2.86. The van der Waals surface area contributed by atoms with Crippen molar-refractivity contribution in [2.75, 3.05) is 38.8 Å². The summed E-state index contributed by atoms with van der Waals surface area (Å²) in [6, 6.07) is 8.60. The van der Waals surface area contributed by atoms with E-state index in [0.29, 0.717) is 5.92 Å². The van der Waals surface area contributed by atoms with Crippen molar-refractivity contribution >= 4 is 5.69 Å². The van der Waals surface area contributed by atoms with Gasteiger partial charge in [-0.3, -0.25) is 0 Å². The van der Waals surface area contributed by atoms with Gasteiger partial charge in [0.1, 0.15) is 12.2 Å². The van der Waals surface area contributed by atoms with Crippen molar-refractivity contribution in [1.29, 1.82) is 0 Å². The molecule has 0 spiro atoms. The highest BCUT2D eigenvalue weighted by Crippen LogP contribution is 2.26. The van der Waals surface area contributed by atoms with Crippen molar-refractivity contribution in [1.82, 2.24) is 5.32 Å². The molecule has 118 valence electrons. The van der Waals surface area contributed by atoms with Crippen molar-refractivity contribution in [3.63, 3.8) is 0 Å². The minimum Gasteiger partial charge on any atom is -0.377 e. The first-order valence-corrected chi connectivity index (χ1v) is 7.74. The van der Waals surface area contributed by atoms with Crippen molar-refractivity contribution in [3.8, 4) is 0 Å². The largest absolute Gasteiger partial charge is 0.377 e. The standard InChI is InChI=1S/C17H28N2O2/c1-13(2)9-18-10-14-7-5-6-8-15(14)19-11-16(20-3)17(12-19)21-4/h5-8,13,16-18H,9-12H2,1-4H3. The molecule has 2 atom stereocenters. The van der Waals surface area contributed by atoms with Crippen LogP contribution in [0.25, 0.3) is 0 Å². The van der Waals surface area contributed by atoms with E-state index in [9.17, 15) is 0 Å². The SMILES string of the molecule is COC1CN(c2ccccc2CNCC(C)C)CC1OC. The van der Waals surface area contributed by atoms with Crippen molar-refractivity contribution in [3.05, 3.63) is 29.8 Å². The topological polar surface area (TPSA) is 33.7 Å². The van der Waals surface area contributed by atoms with Crippen LogP contribution in [0.1, 0.15) is 19.4 Å². The molecule has 0 aliphatic carbocycles. The smallest absolute Gasteiger partial charge is 0.102 e. The van der Waals surface area contributed by atoms with Crippen molar-refractivity contribution in [2.45, 2.75) is 32.6 Å². The van der Waals surface area contributed by atoms with Gasteiger partial charge in [0.2, 0.25) is 0 Å². The van der Waals surface area contributed by atoms with Crippen LogP contribution in [0.5, 0.6) is 0 Å². The second kappa shape index (κ2) is 7.78. The number of para-hydroxylation sites is 1. The van der Waals surface area contributed by atoms with Crippen molar-refractivity contribution in [2.24, 2.45) is 5.92 Å². The Labute approximate surface area is 128 Å². The number of nitrogens with one attached hydrogen (secondary N) is 1. The molecule has 1 fully saturated rings. The maximum absolute atomic E-state index is 5.54. The van der Waals surface area contributed by atoms with Crippen LogP contribution in [0.2, 0.25) is 0 Å². The summed E-state index contributed by atoms with van der Waals surface area (Å²) in [6.07, 6.45) is 0.290. The van der Waals surface area contributed by atoms with E-state index in [1.807, 2.05) is 0 Å². The number of nitrogens with zero attached hydrogens (tertiary/aromatic N) is 1. The van der Waals surface area contributed by atoms with E-state index in [0.717, 1.165) is 26.2 Å². The third-order valence-electron chi connectivity index (χ3n) is 4.02. The minimum atomic E-state index is 0.145. The van der Waals surface area contributed by atoms with E-state index >= 15 is 0 Å². The first-order valence-electron chi connectivity index (χ1n) is 7.74. The predicted octanol–water partition coefficient (Wildman–Crippen LogP) is 2.28. The zero-order chi connectivity index (χ0) is 15.2. The number of methoxy groups -OCH3 is 2. The van der Waals surface area contributed by atoms with Gasteiger partial charge >= 0.3 is 0 Å². The summed E-state index contributed by atoms with van der Waals surface area (Å²) in [7, 11) is 3.52. The highest BCUT2D eigenvalue weighted by Gasteiger charge is 2.33. The molecule has 1 saturated heterocycles. The van der Waals surface area contributed by atoms with Crippen LogP contribution in [0.4, 0.5) is 5.69 Å². The Morgan fingerprint density at radius 3 is 2.33 bits per heavy atom. The maximum atomic E-state index is 5.54. The first kappa shape index (κ1) is 16.3. The van der Waals surface area contributed by atoms with Gasteiger partial charge in [-0.2, -0.15) is 0 Å². The Balaban J connectivity index is 2.06. The lowest BCUT2D eigenvalue weighted by Gasteiger charge is -2.22. The maximum Gasteiger partial charge on any atom is 0.102 e. The molecule has 2 unspecified atom stereocenters. The summed E-state index contributed by atoms with van der Waals surface area (Å²) < 4.78 is 11.1. The van der Waals surface area contributed by atoms with Crippen LogP contribution < -0.4 is 10.2 Å². The van der Waals surface area contributed by atoms with E-state index in [4.69, 9.17) is 9.47 Å². The van der Waals surface area contributed by atoms with Crippen LogP contribution in [0.3, 0.4) is 0 Å². The number of ether oxygens (including phenoxy) is 2. The summed E-state index contributed by atoms with van der Waals surface area (Å²) >= 11 is 0. The molecule has 0 aromatic heterocycles. The Kier molecular flexibility index (Phi) is 6.03. The zero-order valence-electron chi connectivity index (χ0n) is 13.6. The third-order valence-corrected chi connectivity index (χ3v) is 4.02. The monoisotopic (exact) mass is 292 g/mol. The summed E-state index contributed by atoms with van der Waals surface area (Å²) in [4.78, 5) is 2.37. The average molecular weight is 292 g/mol. The summed E-state index contributed by atoms with van der Waals surface area (Å²) in [5, 5.41) is 3.53. The molecule has 1 aliphatic rings. The highest BCUT2D eigenvalue weighted by molar-refractivity contribution is 5.55. The van der Waals surface area contributed by atoms with E-state index in [1.165, 1.54) is 11.3 Å². The quantitative estimate of drug-likeness (QED) is 0.836. The molecule has 1 aromatic carbocycles. The normalized spacial score (nSPS) is 22.2. The number of hydrogen-bond acceptors (Lipinski definition) is 4. The number of anilines is 1. The average Bonchev–Trinajstić information content (AvgIpc) is 2.90. The van der Waals surface area contributed by atoms with Gasteiger partial charge in [0.15, 0.2) is 0 Å². The molecule has 1 heterocycles. The molecule has 21 heavy (non-hydrogen) atoms. The fourth-order valence-electron chi connectivity index (χ4n) is 2.86. The van der Waals surface area contributed by atoms with Crippen LogP contribution in [-0.4, -0.2) is 46.1 Å². The zero-order valence-corrected chi connectivity index (χ0v) is 13.6. The molecule has 1 N–H and O–H groups in total. The summed E-state index contributed by atoms with van der Waals surface area (Å²) in [5.74, 6) is 0.666. The van der Waals surface area contributed by atoms with Crippen molar-refractivity contribution < 1.29 is 9.47 Å². The number of benzene rings is 1. The molecule has 0 radical (unpaired) electrons. The van der Waals surface area contributed by atoms with Crippen LogP contribution >= 0.6 is 0 Å². The molecule has 4 nitrogen and oxygen atoms in total. The molecule has 4 heteroatoms. The predicted molar refractivity (Wildman–Crippen MR) is 86.8 cm³/mol. The third kappa shape index (κ3) is 4.19. The van der Waals surface area contributed by atoms with E-state index in [1.54, 1.807) is 14.2 Å². The van der Waals surface area contributed by atoms with Gasteiger partial charge in [-0.1, -0.05) is 32.0 Å². The Hall–Kier alpha value is -1.10. The molecule has 0 saturated carbocycles. The van der Waals surface area contributed by atoms with Crippen LogP contribution in [0.15, 0.2) is 24.3 Å². The van der Waals surface area contributed by atoms with Gasteiger partial charge in [-0.15, -0.1) is 0 Å². The molecule has 0 amide bonds. The Bertz CT molecular complexity index is 425. The lowest BCUT2D eigenvalue weighted by Crippen LogP contribution is -2.27. The highest BCUT2D eigenvalue weighted by atomic mass is 16.5. The minimum absolute atomic E-state index is 0.145. The van der Waals surface area contributed by atoms with E-state index < -0.39 is 0 Å². The van der Waals surface area contributed by atoms with Crippen LogP contribution in [-0.2, 0) is 16.0 Å². The number of rotatable bonds is 7. The molecular formula is C17H28N2O2. The van der Waals surface area contributed by atoms with Gasteiger partial charge in [-0.05, 0) is 24.1 Å². The second-order valence-corrected chi connectivity index (χ2v) is 6.11. The van der Waals surface area contributed by atoms with Crippen LogP contribution in [0, 0.1) is 5.92 Å². The van der Waals surface area contributed by atoms with Gasteiger partial charge in [0, 0.05) is 39.5 Å². The Morgan fingerprint density at radius 1 is 1.14 bits per heavy atom. The lowest BCUT2D eigenvalue weighted by atomic mass is 10.1. The van der Waals surface area contributed by atoms with E-state index in [2.05, 4.69) is 48.3 Å². The molecule has 1 aliphatic heterocycles. The second-order valence-electron chi connectivity index (χ2n) is 6.11. The van der Waals surface area contributed by atoms with Gasteiger partial charge in [0.25, 0.3) is 0 Å². The summed E-state index contributed by atoms with van der Waals surface area (Å²) in [5.41, 5.74) is 2.63. The molecular weight excluding hydrogens is 264 g/mol. The lowest BCUT2D eigenvalue weighted by molar-refractivity contribution is -0.00461. The number of hydrogen-bond donors (Lipinski definition) is 1. The molecule has 0 bridgehead atoms. The summed E-state index contributed by atoms with van der Waals surface area (Å²) in [6.45, 7) is 8.17. The van der Waals surface area contributed by atoms with Gasteiger partial charge < -0.3 is 19.7 Å².